The van der Waals surface area contributed by atoms with E-state index >= 15 is 0 Å². The van der Waals surface area contributed by atoms with E-state index in [9.17, 15) is 14.4 Å². The number of carboxylic acids is 1. The van der Waals surface area contributed by atoms with Crippen molar-refractivity contribution >= 4 is 40.4 Å². The van der Waals surface area contributed by atoms with Gasteiger partial charge in [-0.05, 0) is 41.3 Å². The van der Waals surface area contributed by atoms with Crippen molar-refractivity contribution in [1.82, 2.24) is 19.0 Å². The number of pyridine rings is 1. The second-order valence-corrected chi connectivity index (χ2v) is 11.6. The van der Waals surface area contributed by atoms with Gasteiger partial charge in [-0.2, -0.15) is 0 Å². The summed E-state index contributed by atoms with van der Waals surface area (Å²) in [6, 6.07) is 17.8. The molecule has 1 aliphatic heterocycles. The Balaban J connectivity index is 1.37. The Kier molecular flexibility index (Phi) is 7.17. The van der Waals surface area contributed by atoms with Gasteiger partial charge < -0.3 is 20.3 Å². The van der Waals surface area contributed by atoms with Crippen molar-refractivity contribution in [1.29, 1.82) is 0 Å². The van der Waals surface area contributed by atoms with E-state index in [4.69, 9.17) is 10.8 Å². The summed E-state index contributed by atoms with van der Waals surface area (Å²) >= 11 is 1.75. The molecule has 0 spiro atoms. The lowest BCUT2D eigenvalue weighted by Crippen LogP contribution is -2.32. The number of carboxylic acid groups (broad SMARTS) is 1. The molecule has 0 bridgehead atoms. The zero-order valence-electron chi connectivity index (χ0n) is 23.1. The summed E-state index contributed by atoms with van der Waals surface area (Å²) in [7, 11) is 3.35. The molecule has 0 saturated heterocycles. The first-order valence-corrected chi connectivity index (χ1v) is 14.5. The summed E-state index contributed by atoms with van der Waals surface area (Å²) < 4.78 is 3.65. The first-order chi connectivity index (χ1) is 20.2. The summed E-state index contributed by atoms with van der Waals surface area (Å²) in [5.41, 5.74) is 12.0. The number of rotatable bonds is 7. The summed E-state index contributed by atoms with van der Waals surface area (Å²) in [5.74, 6) is -0.475. The van der Waals surface area contributed by atoms with Crippen molar-refractivity contribution in [2.75, 3.05) is 14.1 Å². The molecule has 0 radical (unpaired) electrons. The third-order valence-electron chi connectivity index (χ3n) is 7.57. The van der Waals surface area contributed by atoms with Crippen LogP contribution in [0.25, 0.3) is 22.0 Å². The van der Waals surface area contributed by atoms with E-state index < -0.39 is 12.0 Å². The maximum Gasteiger partial charge on any atom is 0.328 e. The molecule has 5 aromatic rings. The van der Waals surface area contributed by atoms with Crippen LogP contribution in [0, 0.1) is 0 Å². The minimum Gasteiger partial charge on any atom is -0.480 e. The predicted molar refractivity (Wildman–Crippen MR) is 163 cm³/mol. The molecule has 0 aliphatic carbocycles. The van der Waals surface area contributed by atoms with E-state index in [0.717, 1.165) is 27.9 Å². The number of nitrogens with two attached hydrogens (primary N) is 1. The molecule has 0 fully saturated rings. The minimum atomic E-state index is -1.04. The Bertz CT molecular complexity index is 1830. The molecule has 2 atom stereocenters. The molecule has 10 heteroatoms. The summed E-state index contributed by atoms with van der Waals surface area (Å²) in [6.45, 7) is 0. The van der Waals surface area contributed by atoms with Crippen molar-refractivity contribution in [2.24, 2.45) is 5.73 Å². The molecule has 3 N–H and O–H groups in total. The molecule has 0 unspecified atom stereocenters. The number of carbonyl (C=O) groups excluding carboxylic acids is 2. The number of fused-ring (bicyclic) bond motifs is 2. The summed E-state index contributed by atoms with van der Waals surface area (Å²) in [6.07, 6.45) is 7.42. The van der Waals surface area contributed by atoms with Gasteiger partial charge in [-0.15, -0.1) is 11.8 Å². The van der Waals surface area contributed by atoms with E-state index in [1.165, 1.54) is 9.47 Å². The van der Waals surface area contributed by atoms with Crippen LogP contribution in [0.15, 0.2) is 85.5 Å². The molecule has 9 nitrogen and oxygen atoms in total. The van der Waals surface area contributed by atoms with Gasteiger partial charge in [-0.3, -0.25) is 19.1 Å². The predicted octanol–water partition coefficient (Wildman–Crippen LogP) is 5.01. The van der Waals surface area contributed by atoms with Crippen LogP contribution >= 0.6 is 11.8 Å². The molecule has 42 heavy (non-hydrogen) atoms. The number of hydrogen-bond donors (Lipinski definition) is 2. The number of aliphatic carboxylic acids is 1. The average Bonchev–Trinajstić information content (AvgIpc) is 3.71. The monoisotopic (exact) mass is 579 g/mol. The molecule has 4 heterocycles. The fourth-order valence-electron chi connectivity index (χ4n) is 5.36. The van der Waals surface area contributed by atoms with Crippen molar-refractivity contribution in [2.45, 2.75) is 23.6 Å². The lowest BCUT2D eigenvalue weighted by Gasteiger charge is -2.12. The number of nitrogens with zero attached hydrogens (tertiary/aromatic N) is 4. The van der Waals surface area contributed by atoms with Gasteiger partial charge in [0.2, 0.25) is 0 Å². The van der Waals surface area contributed by atoms with Gasteiger partial charge in [0.25, 0.3) is 0 Å². The Morgan fingerprint density at radius 3 is 2.52 bits per heavy atom. The first-order valence-electron chi connectivity index (χ1n) is 13.4. The molecule has 212 valence electrons. The minimum absolute atomic E-state index is 0.0562. The third-order valence-corrected chi connectivity index (χ3v) is 8.82. The van der Waals surface area contributed by atoms with Crippen LogP contribution in [0.4, 0.5) is 4.79 Å². The Morgan fingerprint density at radius 1 is 1.07 bits per heavy atom. The van der Waals surface area contributed by atoms with Crippen LogP contribution in [0.2, 0.25) is 0 Å². The zero-order valence-corrected chi connectivity index (χ0v) is 23.9. The highest BCUT2D eigenvalue weighted by Crippen LogP contribution is 2.42. The number of benzene rings is 2. The fourth-order valence-corrected chi connectivity index (χ4v) is 6.67. The number of amides is 1. The summed E-state index contributed by atoms with van der Waals surface area (Å²) in [4.78, 5) is 44.1. The second-order valence-electron chi connectivity index (χ2n) is 10.5. The second kappa shape index (κ2) is 11.0. The molecule has 2 aromatic carbocycles. The van der Waals surface area contributed by atoms with Gasteiger partial charge in [0, 0.05) is 72.4 Å². The Morgan fingerprint density at radius 2 is 1.83 bits per heavy atom. The largest absolute Gasteiger partial charge is 0.480 e. The number of thioether (sulfide) groups is 1. The molecule has 0 saturated carbocycles. The topological polar surface area (TPSA) is 123 Å². The highest BCUT2D eigenvalue weighted by Gasteiger charge is 2.30. The maximum absolute atomic E-state index is 14.0. The van der Waals surface area contributed by atoms with E-state index in [-0.39, 0.29) is 23.6 Å². The van der Waals surface area contributed by atoms with E-state index in [2.05, 4.69) is 9.55 Å². The van der Waals surface area contributed by atoms with Crippen molar-refractivity contribution in [3.8, 4) is 11.1 Å². The molecular formula is C32H29N5O4S. The van der Waals surface area contributed by atoms with Crippen LogP contribution in [-0.4, -0.2) is 62.0 Å². The van der Waals surface area contributed by atoms with Gasteiger partial charge in [-0.1, -0.05) is 42.5 Å². The number of hydrogen-bond acceptors (Lipinski definition) is 6. The van der Waals surface area contributed by atoms with Crippen molar-refractivity contribution in [3.05, 3.63) is 113 Å². The fraction of sp³-hybridized carbons (Fsp3) is 0.188. The van der Waals surface area contributed by atoms with Crippen LogP contribution < -0.4 is 5.73 Å². The third kappa shape index (κ3) is 4.88. The SMILES string of the molecule is CN(C)C(=O)n1cc(C(=O)c2ccn3c2CS[C@@H]3c2cccnc2)c2ccc(-c3ccc(C[C@H](N)C(=O)O)cc3)cc21. The van der Waals surface area contributed by atoms with Crippen molar-refractivity contribution in [3.63, 3.8) is 0 Å². The van der Waals surface area contributed by atoms with Gasteiger partial charge in [-0.25, -0.2) is 4.79 Å². The lowest BCUT2D eigenvalue weighted by atomic mass is 9.98. The van der Waals surface area contributed by atoms with Crippen LogP contribution in [0.3, 0.4) is 0 Å². The van der Waals surface area contributed by atoms with Gasteiger partial charge in [0.05, 0.1) is 5.52 Å². The van der Waals surface area contributed by atoms with E-state index in [1.807, 2.05) is 73.1 Å². The van der Waals surface area contributed by atoms with Gasteiger partial charge in [0.1, 0.15) is 11.4 Å². The average molecular weight is 580 g/mol. The Labute approximate surface area is 246 Å². The van der Waals surface area contributed by atoms with E-state index in [0.29, 0.717) is 27.8 Å². The van der Waals surface area contributed by atoms with Crippen LogP contribution in [-0.2, 0) is 17.0 Å². The molecule has 6 rings (SSSR count). The van der Waals surface area contributed by atoms with Crippen LogP contribution in [0.5, 0.6) is 0 Å². The first kappa shape index (κ1) is 27.5. The molecular weight excluding hydrogens is 550 g/mol. The lowest BCUT2D eigenvalue weighted by molar-refractivity contribution is -0.138. The molecule has 1 aliphatic rings. The smallest absolute Gasteiger partial charge is 0.328 e. The molecule has 1 amide bonds. The highest BCUT2D eigenvalue weighted by atomic mass is 32.2. The normalized spacial score (nSPS) is 15.0. The summed E-state index contributed by atoms with van der Waals surface area (Å²) in [5, 5.41) is 9.85. The Hall–Kier alpha value is -4.67. The highest BCUT2D eigenvalue weighted by molar-refractivity contribution is 7.99. The zero-order chi connectivity index (χ0) is 29.5. The number of carbonyl (C=O) groups is 3. The van der Waals surface area contributed by atoms with Crippen LogP contribution in [0.1, 0.15) is 38.1 Å². The van der Waals surface area contributed by atoms with Gasteiger partial charge >= 0.3 is 12.0 Å². The van der Waals surface area contributed by atoms with Crippen molar-refractivity contribution < 1.29 is 19.5 Å². The number of ketones is 1. The quantitative estimate of drug-likeness (QED) is 0.260. The standard InChI is InChI=1S/C32H29N5O4S/c1-35(2)32(41)37-17-25(29(38)24-11-13-36-28(24)18-42-30(36)22-4-3-12-34-16-22)23-10-9-21(15-27(23)37)20-7-5-19(6-8-20)14-26(33)31(39)40/h3-13,15-17,26,30H,14,18,33H2,1-2H3,(H,39,40)/t26-,30+/m0/s1. The number of aromatic nitrogens is 3. The van der Waals surface area contributed by atoms with Gasteiger partial charge in [0.15, 0.2) is 5.78 Å². The maximum atomic E-state index is 14.0. The van der Waals surface area contributed by atoms with E-state index in [1.54, 1.807) is 38.3 Å². The molecule has 3 aromatic heterocycles.